The molecule has 0 unspecified atom stereocenters. The molecule has 16 heavy (non-hydrogen) atoms. The fraction of sp³-hybridized carbons (Fsp3) is 0.455. The van der Waals surface area contributed by atoms with Crippen LogP contribution >= 0.6 is 0 Å². The molecule has 0 aliphatic heterocycles. The number of rotatable bonds is 3. The van der Waals surface area contributed by atoms with Gasteiger partial charge in [-0.05, 0) is 12.1 Å². The number of carbonyl (C=O) groups excluding carboxylic acids is 1. The van der Waals surface area contributed by atoms with Crippen LogP contribution < -0.4 is 5.32 Å². The van der Waals surface area contributed by atoms with Crippen LogP contribution in [0.3, 0.4) is 0 Å². The lowest BCUT2D eigenvalue weighted by Gasteiger charge is -2.17. The van der Waals surface area contributed by atoms with Crippen molar-refractivity contribution in [3.05, 3.63) is 28.8 Å². The van der Waals surface area contributed by atoms with Crippen LogP contribution in [0.4, 0.5) is 5.82 Å². The molecule has 0 saturated heterocycles. The molecule has 0 bridgehead atoms. The van der Waals surface area contributed by atoms with Gasteiger partial charge in [-0.3, -0.25) is 4.79 Å². The highest BCUT2D eigenvalue weighted by molar-refractivity contribution is 5.93. The number of nitrogens with zero attached hydrogens (tertiary/aromatic N) is 2. The fourth-order valence-corrected chi connectivity index (χ4v) is 1.01. The van der Waals surface area contributed by atoms with Crippen molar-refractivity contribution >= 4 is 11.7 Å². The number of hydrogen-bond acceptors (Lipinski definition) is 4. The highest BCUT2D eigenvalue weighted by Crippen LogP contribution is 2.16. The maximum atomic E-state index is 11.7. The average Bonchev–Trinajstić information content (AvgIpc) is 2.17. The second-order valence-corrected chi connectivity index (χ2v) is 4.51. The standard InChI is InChI=1S/C11H15N3O2/c1-11(2,3)10(15)14-9-6-4-5-8(13-9)7-12-16/h4-6H,7H2,1-3H3,(H,13,14,15). The van der Waals surface area contributed by atoms with E-state index in [9.17, 15) is 9.70 Å². The van der Waals surface area contributed by atoms with Gasteiger partial charge < -0.3 is 5.32 Å². The van der Waals surface area contributed by atoms with Crippen molar-refractivity contribution in [2.45, 2.75) is 27.3 Å². The maximum absolute atomic E-state index is 11.7. The van der Waals surface area contributed by atoms with Gasteiger partial charge in [-0.25, -0.2) is 4.98 Å². The van der Waals surface area contributed by atoms with E-state index in [1.54, 1.807) is 18.2 Å². The topological polar surface area (TPSA) is 71.4 Å². The third-order valence-electron chi connectivity index (χ3n) is 1.96. The van der Waals surface area contributed by atoms with Crippen LogP contribution in [-0.2, 0) is 11.3 Å². The summed E-state index contributed by atoms with van der Waals surface area (Å²) >= 11 is 0. The van der Waals surface area contributed by atoms with Crippen molar-refractivity contribution < 1.29 is 4.79 Å². The zero-order chi connectivity index (χ0) is 12.2. The lowest BCUT2D eigenvalue weighted by Crippen LogP contribution is -2.28. The van der Waals surface area contributed by atoms with Crippen LogP contribution in [0.2, 0.25) is 0 Å². The number of anilines is 1. The first-order chi connectivity index (χ1) is 7.43. The van der Waals surface area contributed by atoms with Crippen molar-refractivity contribution in [1.29, 1.82) is 0 Å². The molecule has 1 aromatic heterocycles. The van der Waals surface area contributed by atoms with Crippen molar-refractivity contribution in [2.24, 2.45) is 10.6 Å². The lowest BCUT2D eigenvalue weighted by molar-refractivity contribution is -0.123. The second kappa shape index (κ2) is 4.83. The molecular formula is C11H15N3O2. The summed E-state index contributed by atoms with van der Waals surface area (Å²) < 4.78 is 0. The Morgan fingerprint density at radius 2 is 2.12 bits per heavy atom. The molecule has 0 saturated carbocycles. The molecule has 1 N–H and O–H groups in total. The third-order valence-corrected chi connectivity index (χ3v) is 1.96. The summed E-state index contributed by atoms with van der Waals surface area (Å²) in [7, 11) is 0. The van der Waals surface area contributed by atoms with Crippen LogP contribution in [0.5, 0.6) is 0 Å². The Balaban J connectivity index is 2.78. The molecule has 5 heteroatoms. The van der Waals surface area contributed by atoms with Gasteiger partial charge in [-0.15, -0.1) is 0 Å². The van der Waals surface area contributed by atoms with Gasteiger partial charge in [0.15, 0.2) is 0 Å². The molecule has 1 aromatic rings. The normalized spacial score (nSPS) is 10.9. The molecule has 0 atom stereocenters. The minimum atomic E-state index is -0.472. The van der Waals surface area contributed by atoms with E-state index in [0.717, 1.165) is 0 Å². The molecule has 1 amide bonds. The third kappa shape index (κ3) is 3.42. The summed E-state index contributed by atoms with van der Waals surface area (Å²) in [5, 5.41) is 5.44. The monoisotopic (exact) mass is 221 g/mol. The van der Waals surface area contributed by atoms with Gasteiger partial charge >= 0.3 is 0 Å². The zero-order valence-electron chi connectivity index (χ0n) is 9.65. The predicted octanol–water partition coefficient (Wildman–Crippen LogP) is 2.33. The number of aromatic nitrogens is 1. The summed E-state index contributed by atoms with van der Waals surface area (Å²) in [5.74, 6) is 0.331. The Morgan fingerprint density at radius 3 is 2.69 bits per heavy atom. The van der Waals surface area contributed by atoms with E-state index >= 15 is 0 Å². The number of carbonyl (C=O) groups is 1. The Kier molecular flexibility index (Phi) is 3.71. The Hall–Kier alpha value is -1.78. The highest BCUT2D eigenvalue weighted by atomic mass is 16.3. The van der Waals surface area contributed by atoms with Crippen molar-refractivity contribution in [3.8, 4) is 0 Å². The summed E-state index contributed by atoms with van der Waals surface area (Å²) in [6.07, 6.45) is 0. The van der Waals surface area contributed by atoms with Gasteiger partial charge in [-0.1, -0.05) is 32.0 Å². The molecule has 1 rings (SSSR count). The van der Waals surface area contributed by atoms with E-state index in [1.807, 2.05) is 20.8 Å². The largest absolute Gasteiger partial charge is 0.310 e. The van der Waals surface area contributed by atoms with E-state index in [2.05, 4.69) is 15.5 Å². The minimum Gasteiger partial charge on any atom is -0.310 e. The van der Waals surface area contributed by atoms with E-state index in [1.165, 1.54) is 0 Å². The smallest absolute Gasteiger partial charge is 0.230 e. The van der Waals surface area contributed by atoms with Gasteiger partial charge in [0.2, 0.25) is 5.91 Å². The van der Waals surface area contributed by atoms with Crippen LogP contribution in [-0.4, -0.2) is 10.9 Å². The summed E-state index contributed by atoms with van der Waals surface area (Å²) in [4.78, 5) is 25.8. The number of pyridine rings is 1. The fourth-order valence-electron chi connectivity index (χ4n) is 1.01. The van der Waals surface area contributed by atoms with E-state index in [0.29, 0.717) is 11.5 Å². The summed E-state index contributed by atoms with van der Waals surface area (Å²) in [6, 6.07) is 5.10. The lowest BCUT2D eigenvalue weighted by atomic mass is 9.96. The van der Waals surface area contributed by atoms with Gasteiger partial charge in [0.1, 0.15) is 12.4 Å². The van der Waals surface area contributed by atoms with Gasteiger partial charge in [0, 0.05) is 5.41 Å². The van der Waals surface area contributed by atoms with E-state index < -0.39 is 5.41 Å². The molecule has 0 fully saturated rings. The molecule has 0 aliphatic rings. The van der Waals surface area contributed by atoms with Gasteiger partial charge in [0.25, 0.3) is 0 Å². The first kappa shape index (κ1) is 12.3. The molecular weight excluding hydrogens is 206 g/mol. The zero-order valence-corrected chi connectivity index (χ0v) is 9.65. The Morgan fingerprint density at radius 1 is 1.44 bits per heavy atom. The molecule has 0 aromatic carbocycles. The Labute approximate surface area is 94.2 Å². The van der Waals surface area contributed by atoms with Gasteiger partial charge in [0.05, 0.1) is 5.69 Å². The molecule has 0 spiro atoms. The van der Waals surface area contributed by atoms with Crippen LogP contribution in [0.15, 0.2) is 23.4 Å². The first-order valence-corrected chi connectivity index (χ1v) is 5.00. The van der Waals surface area contributed by atoms with E-state index in [-0.39, 0.29) is 12.5 Å². The summed E-state index contributed by atoms with van der Waals surface area (Å²) in [5.41, 5.74) is 0.0716. The highest BCUT2D eigenvalue weighted by Gasteiger charge is 2.21. The van der Waals surface area contributed by atoms with Crippen LogP contribution in [0.25, 0.3) is 0 Å². The van der Waals surface area contributed by atoms with Gasteiger partial charge in [-0.2, -0.15) is 4.91 Å². The summed E-state index contributed by atoms with van der Waals surface area (Å²) in [6.45, 7) is 5.47. The second-order valence-electron chi connectivity index (χ2n) is 4.51. The number of amides is 1. The van der Waals surface area contributed by atoms with Crippen LogP contribution in [0.1, 0.15) is 26.5 Å². The van der Waals surface area contributed by atoms with Crippen LogP contribution in [0, 0.1) is 10.3 Å². The Bertz CT molecular complexity index is 396. The molecule has 1 heterocycles. The first-order valence-electron chi connectivity index (χ1n) is 5.00. The quantitative estimate of drug-likeness (QED) is 0.796. The SMILES string of the molecule is CC(C)(C)C(=O)Nc1cccc(CN=O)n1. The number of hydrogen-bond donors (Lipinski definition) is 1. The van der Waals surface area contributed by atoms with Crippen molar-refractivity contribution in [1.82, 2.24) is 4.98 Å². The molecule has 5 nitrogen and oxygen atoms in total. The van der Waals surface area contributed by atoms with Crippen molar-refractivity contribution in [2.75, 3.05) is 5.32 Å². The maximum Gasteiger partial charge on any atom is 0.230 e. The predicted molar refractivity (Wildman–Crippen MR) is 61.8 cm³/mol. The number of nitrogens with one attached hydrogen (secondary N) is 1. The van der Waals surface area contributed by atoms with E-state index in [4.69, 9.17) is 0 Å². The average molecular weight is 221 g/mol. The minimum absolute atomic E-state index is 0.0131. The molecule has 0 radical (unpaired) electrons. The molecule has 86 valence electrons. The molecule has 0 aliphatic carbocycles. The number of nitroso groups, excluding NO2 is 1. The van der Waals surface area contributed by atoms with Crippen molar-refractivity contribution in [3.63, 3.8) is 0 Å².